The van der Waals surface area contributed by atoms with E-state index in [2.05, 4.69) is 5.32 Å². The average Bonchev–Trinajstić information content (AvgIpc) is 2.29. The zero-order valence-electron chi connectivity index (χ0n) is 9.19. The summed E-state index contributed by atoms with van der Waals surface area (Å²) in [5.74, 6) is -1.82. The molecule has 1 rings (SSSR count). The zero-order chi connectivity index (χ0) is 13.7. The van der Waals surface area contributed by atoms with Gasteiger partial charge in [0.2, 0.25) is 5.91 Å². The van der Waals surface area contributed by atoms with Gasteiger partial charge >= 0.3 is 5.97 Å². The molecule has 0 spiro atoms. The molecule has 0 aliphatic heterocycles. The average molecular weight is 292 g/mol. The number of hydrogen-bond acceptors (Lipinski definition) is 3. The molecule has 1 aromatic carbocycles. The van der Waals surface area contributed by atoms with Crippen molar-refractivity contribution in [1.82, 2.24) is 5.32 Å². The highest BCUT2D eigenvalue weighted by atomic mass is 35.5. The quantitative estimate of drug-likeness (QED) is 0.758. The highest BCUT2D eigenvalue weighted by molar-refractivity contribution is 6.35. The lowest BCUT2D eigenvalue weighted by atomic mass is 10.1. The Bertz CT molecular complexity index is 464. The Kier molecular flexibility index (Phi) is 5.40. The van der Waals surface area contributed by atoms with Gasteiger partial charge in [0.25, 0.3) is 0 Å². The van der Waals surface area contributed by atoms with Crippen LogP contribution in [0.3, 0.4) is 0 Å². The Labute approximate surface area is 113 Å². The van der Waals surface area contributed by atoms with Crippen LogP contribution in [0, 0.1) is 0 Å². The van der Waals surface area contributed by atoms with Crippen LogP contribution in [-0.4, -0.2) is 34.7 Å². The standard InChI is InChI=1S/C11H11Cl2NO4/c12-7-2-1-6(8(13)4-7)3-10(16)14-5-9(15)11(17)18/h1-2,4,9,15H,3,5H2,(H,14,16)(H,17,18). The smallest absolute Gasteiger partial charge is 0.334 e. The number of carbonyl (C=O) groups excluding carboxylic acids is 1. The second-order valence-electron chi connectivity index (χ2n) is 3.57. The lowest BCUT2D eigenvalue weighted by Crippen LogP contribution is -2.37. The van der Waals surface area contributed by atoms with E-state index in [1.54, 1.807) is 12.1 Å². The molecule has 0 radical (unpaired) electrons. The molecular formula is C11H11Cl2NO4. The van der Waals surface area contributed by atoms with E-state index < -0.39 is 18.0 Å². The first-order valence-corrected chi connectivity index (χ1v) is 5.77. The van der Waals surface area contributed by atoms with Gasteiger partial charge in [-0.25, -0.2) is 4.79 Å². The van der Waals surface area contributed by atoms with E-state index in [4.69, 9.17) is 33.4 Å². The minimum atomic E-state index is -1.62. The molecule has 7 heteroatoms. The number of nitrogens with one attached hydrogen (secondary N) is 1. The topological polar surface area (TPSA) is 86.6 Å². The van der Waals surface area contributed by atoms with Crippen molar-refractivity contribution in [3.8, 4) is 0 Å². The Hall–Kier alpha value is -1.30. The van der Waals surface area contributed by atoms with Crippen molar-refractivity contribution < 1.29 is 19.8 Å². The maximum atomic E-state index is 11.5. The molecule has 0 saturated carbocycles. The molecule has 1 aromatic rings. The Morgan fingerprint density at radius 2 is 2.00 bits per heavy atom. The predicted molar refractivity (Wildman–Crippen MR) is 66.8 cm³/mol. The maximum absolute atomic E-state index is 11.5. The molecule has 1 amide bonds. The summed E-state index contributed by atoms with van der Waals surface area (Å²) >= 11 is 11.6. The zero-order valence-corrected chi connectivity index (χ0v) is 10.7. The van der Waals surface area contributed by atoms with Crippen molar-refractivity contribution in [2.24, 2.45) is 0 Å². The van der Waals surface area contributed by atoms with Crippen molar-refractivity contribution in [2.45, 2.75) is 12.5 Å². The lowest BCUT2D eigenvalue weighted by Gasteiger charge is -2.08. The molecule has 98 valence electrons. The van der Waals surface area contributed by atoms with Crippen LogP contribution in [0.2, 0.25) is 10.0 Å². The first kappa shape index (κ1) is 14.8. The van der Waals surface area contributed by atoms with Gasteiger partial charge in [0.1, 0.15) is 0 Å². The fourth-order valence-electron chi connectivity index (χ4n) is 1.20. The number of carboxylic acids is 1. The van der Waals surface area contributed by atoms with Crippen LogP contribution in [0.4, 0.5) is 0 Å². The lowest BCUT2D eigenvalue weighted by molar-refractivity contribution is -0.146. The van der Waals surface area contributed by atoms with E-state index in [9.17, 15) is 9.59 Å². The minimum Gasteiger partial charge on any atom is -0.479 e. The van der Waals surface area contributed by atoms with Crippen LogP contribution in [0.5, 0.6) is 0 Å². The predicted octanol–water partition coefficient (Wildman–Crippen LogP) is 1.10. The molecule has 0 aliphatic rings. The number of rotatable bonds is 5. The van der Waals surface area contributed by atoms with E-state index in [0.29, 0.717) is 15.6 Å². The Morgan fingerprint density at radius 3 is 2.56 bits per heavy atom. The van der Waals surface area contributed by atoms with Gasteiger partial charge in [0.15, 0.2) is 6.10 Å². The van der Waals surface area contributed by atoms with Crippen molar-refractivity contribution >= 4 is 35.1 Å². The number of benzene rings is 1. The monoisotopic (exact) mass is 291 g/mol. The third kappa shape index (κ3) is 4.52. The summed E-state index contributed by atoms with van der Waals surface area (Å²) in [6.45, 7) is -0.348. The van der Waals surface area contributed by atoms with Crippen LogP contribution in [-0.2, 0) is 16.0 Å². The van der Waals surface area contributed by atoms with Gasteiger partial charge in [-0.2, -0.15) is 0 Å². The molecule has 0 aromatic heterocycles. The first-order chi connectivity index (χ1) is 8.40. The van der Waals surface area contributed by atoms with E-state index >= 15 is 0 Å². The number of halogens is 2. The number of aliphatic hydroxyl groups is 1. The van der Waals surface area contributed by atoms with E-state index in [0.717, 1.165) is 0 Å². The van der Waals surface area contributed by atoms with Crippen LogP contribution in [0.1, 0.15) is 5.56 Å². The summed E-state index contributed by atoms with van der Waals surface area (Å²) in [5, 5.41) is 20.5. The molecule has 18 heavy (non-hydrogen) atoms. The van der Waals surface area contributed by atoms with Crippen molar-refractivity contribution in [3.05, 3.63) is 33.8 Å². The first-order valence-electron chi connectivity index (χ1n) is 5.01. The highest BCUT2D eigenvalue weighted by Crippen LogP contribution is 2.21. The maximum Gasteiger partial charge on any atom is 0.334 e. The second kappa shape index (κ2) is 6.58. The van der Waals surface area contributed by atoms with Crippen LogP contribution in [0.15, 0.2) is 18.2 Å². The van der Waals surface area contributed by atoms with E-state index in [1.807, 2.05) is 0 Å². The summed E-state index contributed by atoms with van der Waals surface area (Å²) < 4.78 is 0. The highest BCUT2D eigenvalue weighted by Gasteiger charge is 2.14. The normalized spacial score (nSPS) is 11.9. The number of carbonyl (C=O) groups is 2. The number of amides is 1. The molecule has 5 nitrogen and oxygen atoms in total. The minimum absolute atomic E-state index is 0.0116. The largest absolute Gasteiger partial charge is 0.479 e. The third-order valence-corrected chi connectivity index (χ3v) is 2.73. The van der Waals surface area contributed by atoms with Crippen LogP contribution < -0.4 is 5.32 Å². The molecule has 1 atom stereocenters. The SMILES string of the molecule is O=C(Cc1ccc(Cl)cc1Cl)NCC(O)C(=O)O. The molecule has 0 bridgehead atoms. The Morgan fingerprint density at radius 1 is 1.33 bits per heavy atom. The summed E-state index contributed by atoms with van der Waals surface area (Å²) in [7, 11) is 0. The number of aliphatic carboxylic acids is 1. The fraction of sp³-hybridized carbons (Fsp3) is 0.273. The summed E-state index contributed by atoms with van der Waals surface area (Å²) in [6.07, 6.45) is -1.63. The fourth-order valence-corrected chi connectivity index (χ4v) is 1.67. The Balaban J connectivity index is 2.52. The molecule has 0 saturated heterocycles. The van der Waals surface area contributed by atoms with Gasteiger partial charge in [0, 0.05) is 10.0 Å². The van der Waals surface area contributed by atoms with Crippen LogP contribution in [0.25, 0.3) is 0 Å². The van der Waals surface area contributed by atoms with Gasteiger partial charge in [0.05, 0.1) is 13.0 Å². The second-order valence-corrected chi connectivity index (χ2v) is 4.41. The van der Waals surface area contributed by atoms with Crippen LogP contribution >= 0.6 is 23.2 Å². The molecule has 0 fully saturated rings. The molecular weight excluding hydrogens is 281 g/mol. The van der Waals surface area contributed by atoms with Gasteiger partial charge in [-0.3, -0.25) is 4.79 Å². The number of aliphatic hydroxyl groups excluding tert-OH is 1. The van der Waals surface area contributed by atoms with E-state index in [-0.39, 0.29) is 13.0 Å². The summed E-state index contributed by atoms with van der Waals surface area (Å²) in [4.78, 5) is 21.8. The van der Waals surface area contributed by atoms with Gasteiger partial charge in [-0.1, -0.05) is 29.3 Å². The summed E-state index contributed by atoms with van der Waals surface area (Å²) in [5.41, 5.74) is 0.573. The molecule has 0 heterocycles. The van der Waals surface area contributed by atoms with Gasteiger partial charge in [-0.15, -0.1) is 0 Å². The number of hydrogen-bond donors (Lipinski definition) is 3. The molecule has 0 aliphatic carbocycles. The summed E-state index contributed by atoms with van der Waals surface area (Å²) in [6, 6.07) is 4.72. The third-order valence-electron chi connectivity index (χ3n) is 2.14. The van der Waals surface area contributed by atoms with Crippen molar-refractivity contribution in [3.63, 3.8) is 0 Å². The number of carboxylic acid groups (broad SMARTS) is 1. The van der Waals surface area contributed by atoms with E-state index in [1.165, 1.54) is 6.07 Å². The van der Waals surface area contributed by atoms with Gasteiger partial charge < -0.3 is 15.5 Å². The molecule has 1 unspecified atom stereocenters. The van der Waals surface area contributed by atoms with Crippen molar-refractivity contribution in [2.75, 3.05) is 6.54 Å². The van der Waals surface area contributed by atoms with Gasteiger partial charge in [-0.05, 0) is 17.7 Å². The van der Waals surface area contributed by atoms with Crippen molar-refractivity contribution in [1.29, 1.82) is 0 Å². The molecule has 3 N–H and O–H groups in total.